The average Bonchev–Trinajstić information content (AvgIpc) is 2.97. The van der Waals surface area contributed by atoms with E-state index in [2.05, 4.69) is 5.16 Å². The van der Waals surface area contributed by atoms with Crippen LogP contribution in [0.25, 0.3) is 0 Å². The van der Waals surface area contributed by atoms with Crippen LogP contribution in [0.5, 0.6) is 11.5 Å². The Labute approximate surface area is 248 Å². The van der Waals surface area contributed by atoms with Gasteiger partial charge in [0.15, 0.2) is 20.2 Å². The van der Waals surface area contributed by atoms with E-state index in [1.165, 1.54) is 0 Å². The van der Waals surface area contributed by atoms with Crippen LogP contribution in [0.1, 0.15) is 68.8 Å². The molecule has 11 nitrogen and oxygen atoms in total. The molecule has 1 aromatic carbocycles. The highest BCUT2D eigenvalue weighted by Gasteiger charge is 2.24. The normalized spacial score (nSPS) is 20.9. The van der Waals surface area contributed by atoms with Gasteiger partial charge in [0.1, 0.15) is 23.2 Å². The van der Waals surface area contributed by atoms with E-state index < -0.39 is 12.1 Å². The van der Waals surface area contributed by atoms with E-state index in [1.807, 2.05) is 39.0 Å². The molecule has 0 unspecified atom stereocenters. The number of ether oxygens (including phenoxy) is 5. The summed E-state index contributed by atoms with van der Waals surface area (Å²) in [5.74, 6) is 0.0240. The smallest absolute Gasteiger partial charge is 0.342 e. The van der Waals surface area contributed by atoms with Crippen LogP contribution in [0.3, 0.4) is 0 Å². The quantitative estimate of drug-likeness (QED) is 0.133. The van der Waals surface area contributed by atoms with Gasteiger partial charge < -0.3 is 39.2 Å². The molecule has 0 aliphatic carbocycles. The highest BCUT2D eigenvalue weighted by Crippen LogP contribution is 2.32. The topological polar surface area (TPSA) is 131 Å². The predicted molar refractivity (Wildman–Crippen MR) is 159 cm³/mol. The minimum Gasteiger partial charge on any atom is -0.467 e. The molecule has 2 heterocycles. The number of likely N-dealkylation sites (tertiary alicyclic amines) is 1. The molecule has 2 atom stereocenters. The number of oxime groups is 1. The zero-order valence-electron chi connectivity index (χ0n) is 25.0. The molecule has 42 heavy (non-hydrogen) atoms. The fourth-order valence-corrected chi connectivity index (χ4v) is 4.49. The monoisotopic (exact) mass is 587 g/mol. The fraction of sp³-hybridized carbons (Fsp3) is 0.581. The highest BCUT2D eigenvalue weighted by atomic mass is 16.7. The number of fused-ring (bicyclic) bond motifs is 1. The number of nitrogens with two attached hydrogens (primary N) is 1. The number of carbonyl (C=O) groups is 2. The maximum absolute atomic E-state index is 13.6. The van der Waals surface area contributed by atoms with Crippen LogP contribution in [0.2, 0.25) is 0 Å². The molecule has 2 N–H and O–H groups in total. The maximum atomic E-state index is 13.6. The van der Waals surface area contributed by atoms with E-state index >= 15 is 0 Å². The van der Waals surface area contributed by atoms with Gasteiger partial charge in [0.05, 0.1) is 5.71 Å². The number of hydrogen-bond acceptors (Lipinski definition) is 10. The van der Waals surface area contributed by atoms with Gasteiger partial charge in [-0.2, -0.15) is 0 Å². The second-order valence-electron chi connectivity index (χ2n) is 10.1. The molecule has 0 bridgehead atoms. The number of hydrogen-bond donors (Lipinski definition) is 1. The van der Waals surface area contributed by atoms with Crippen LogP contribution in [0, 0.1) is 0 Å². The standard InChI is InChI=1S/C31H45N3O8/c1-4-37-21-39-27-18-24-17-26(33-41-20-29(35)34-15-7-6-8-16-34)14-10-13-25(32)12-9-11-23(3)42-31(36)30(24)28(19-27)40-22-38-5-2/h9-10,12,14,18-19,23,25H,4-8,11,13,15-17,20-22,32H2,1-3H3/t23-,25-/m1/s1. The van der Waals surface area contributed by atoms with E-state index in [0.717, 1.165) is 32.4 Å². The van der Waals surface area contributed by atoms with Crippen LogP contribution >= 0.6 is 0 Å². The number of cyclic esters (lactones) is 1. The Balaban J connectivity index is 1.98. The van der Waals surface area contributed by atoms with Crippen molar-refractivity contribution < 1.29 is 38.1 Å². The molecule has 1 amide bonds. The number of esters is 1. The van der Waals surface area contributed by atoms with Crippen LogP contribution in [-0.4, -0.2) is 81.1 Å². The first-order chi connectivity index (χ1) is 20.4. The summed E-state index contributed by atoms with van der Waals surface area (Å²) < 4.78 is 28.2. The lowest BCUT2D eigenvalue weighted by Crippen LogP contribution is -2.37. The summed E-state index contributed by atoms with van der Waals surface area (Å²) in [5, 5.41) is 4.30. The van der Waals surface area contributed by atoms with Gasteiger partial charge in [0, 0.05) is 51.3 Å². The van der Waals surface area contributed by atoms with Gasteiger partial charge >= 0.3 is 5.97 Å². The molecule has 1 fully saturated rings. The van der Waals surface area contributed by atoms with Gasteiger partial charge in [-0.25, -0.2) is 4.79 Å². The molecular weight excluding hydrogens is 542 g/mol. The number of allylic oxidation sites excluding steroid dienone is 1. The Morgan fingerprint density at radius 2 is 1.79 bits per heavy atom. The largest absolute Gasteiger partial charge is 0.467 e. The summed E-state index contributed by atoms with van der Waals surface area (Å²) in [6.07, 6.45) is 11.4. The van der Waals surface area contributed by atoms with E-state index in [1.54, 1.807) is 23.1 Å². The van der Waals surface area contributed by atoms with Crippen LogP contribution in [0.15, 0.2) is 41.6 Å². The minimum absolute atomic E-state index is 0.0223. The number of benzene rings is 1. The minimum atomic E-state index is -0.556. The van der Waals surface area contributed by atoms with Crippen molar-refractivity contribution in [3.8, 4) is 11.5 Å². The second kappa shape index (κ2) is 18.2. The summed E-state index contributed by atoms with van der Waals surface area (Å²) in [4.78, 5) is 33.6. The van der Waals surface area contributed by atoms with Gasteiger partial charge in [0.25, 0.3) is 5.91 Å². The van der Waals surface area contributed by atoms with Crippen molar-refractivity contribution in [2.75, 3.05) is 46.5 Å². The second-order valence-corrected chi connectivity index (χ2v) is 10.1. The van der Waals surface area contributed by atoms with Crippen LogP contribution < -0.4 is 15.2 Å². The van der Waals surface area contributed by atoms with E-state index in [9.17, 15) is 9.59 Å². The Morgan fingerprint density at radius 1 is 1.05 bits per heavy atom. The number of rotatable bonds is 11. The lowest BCUT2D eigenvalue weighted by molar-refractivity contribution is -0.137. The van der Waals surface area contributed by atoms with Gasteiger partial charge in [-0.1, -0.05) is 23.4 Å². The van der Waals surface area contributed by atoms with Crippen LogP contribution in [-0.2, 0) is 30.3 Å². The molecule has 2 aliphatic rings. The molecule has 0 radical (unpaired) electrons. The third kappa shape index (κ3) is 11.1. The average molecular weight is 588 g/mol. The molecule has 0 aromatic heterocycles. The van der Waals surface area contributed by atoms with Gasteiger partial charge in [-0.3, -0.25) is 4.79 Å². The number of amides is 1. The molecule has 232 valence electrons. The summed E-state index contributed by atoms with van der Waals surface area (Å²) >= 11 is 0. The van der Waals surface area contributed by atoms with Crippen molar-refractivity contribution in [1.82, 2.24) is 4.90 Å². The number of carbonyl (C=O) groups excluding carboxylic acids is 2. The summed E-state index contributed by atoms with van der Waals surface area (Å²) in [6.45, 7) is 7.70. The molecule has 0 spiro atoms. The first-order valence-electron chi connectivity index (χ1n) is 14.8. The SMILES string of the molecule is CCOCOc1cc2c(c(OCOCC)c1)C(=O)O[C@H](C)CC=C[C@@H](N)CC=CC(=NOCC(=O)N1CCCCC1)C2. The Morgan fingerprint density at radius 3 is 2.52 bits per heavy atom. The molecule has 0 saturated carbocycles. The van der Waals surface area contributed by atoms with Gasteiger partial charge in [0.2, 0.25) is 0 Å². The maximum Gasteiger partial charge on any atom is 0.342 e. The van der Waals surface area contributed by atoms with E-state index in [4.69, 9.17) is 34.3 Å². The van der Waals surface area contributed by atoms with Gasteiger partial charge in [-0.15, -0.1) is 0 Å². The zero-order valence-corrected chi connectivity index (χ0v) is 25.0. The molecule has 1 saturated heterocycles. The third-order valence-electron chi connectivity index (χ3n) is 6.70. The Bertz CT molecular complexity index is 1100. The van der Waals surface area contributed by atoms with Crippen molar-refractivity contribution >= 4 is 17.6 Å². The van der Waals surface area contributed by atoms with Crippen molar-refractivity contribution in [2.24, 2.45) is 10.9 Å². The Kier molecular flexibility index (Phi) is 14.3. The predicted octanol–water partition coefficient (Wildman–Crippen LogP) is 4.14. The van der Waals surface area contributed by atoms with Crippen molar-refractivity contribution in [3.63, 3.8) is 0 Å². The third-order valence-corrected chi connectivity index (χ3v) is 6.70. The number of nitrogens with zero attached hydrogens (tertiary/aromatic N) is 2. The van der Waals surface area contributed by atoms with Crippen molar-refractivity contribution in [3.05, 3.63) is 47.6 Å². The summed E-state index contributed by atoms with van der Waals surface area (Å²) in [6, 6.07) is 3.12. The summed E-state index contributed by atoms with van der Waals surface area (Å²) in [7, 11) is 0. The molecular formula is C31H45N3O8. The van der Waals surface area contributed by atoms with E-state index in [0.29, 0.717) is 43.1 Å². The van der Waals surface area contributed by atoms with Crippen molar-refractivity contribution in [2.45, 2.75) is 71.4 Å². The molecule has 11 heteroatoms. The van der Waals surface area contributed by atoms with Crippen molar-refractivity contribution in [1.29, 1.82) is 0 Å². The molecule has 1 aromatic rings. The first-order valence-corrected chi connectivity index (χ1v) is 14.8. The lowest BCUT2D eigenvalue weighted by atomic mass is 9.99. The highest BCUT2D eigenvalue weighted by molar-refractivity contribution is 6.00. The van der Waals surface area contributed by atoms with E-state index in [-0.39, 0.29) is 49.9 Å². The fourth-order valence-electron chi connectivity index (χ4n) is 4.49. The first kappa shape index (κ1) is 33.1. The molecule has 2 aliphatic heterocycles. The Hall–Kier alpha value is -3.41. The summed E-state index contributed by atoms with van der Waals surface area (Å²) in [5.41, 5.74) is 7.49. The number of piperidine rings is 1. The lowest BCUT2D eigenvalue weighted by Gasteiger charge is -2.26. The van der Waals surface area contributed by atoms with Gasteiger partial charge in [-0.05, 0) is 64.2 Å². The van der Waals surface area contributed by atoms with Crippen LogP contribution in [0.4, 0.5) is 0 Å². The molecule has 3 rings (SSSR count). The zero-order chi connectivity index (χ0) is 30.2.